The standard InChI is InChI=1S/C27H41N3O7/c1-7-9-10-19(32)28-16-17(3)36-25(35)20-18-11-12-27(37-18)21(20)23(33)29(14-15-31)22(27)24(34)30(13-8-2)26(4,5)6/h7-8,17-18,20-22,31H,1-2,9-16H2,3-6H3,(H,28,32)/t17-,18+,20-,21-,22+,27-/m0/s1. The molecule has 2 N–H and O–H groups in total. The number of carbonyl (C=O) groups excluding carboxylic acids is 4. The fraction of sp³-hybridized carbons (Fsp3) is 0.704. The Morgan fingerprint density at radius 3 is 2.62 bits per heavy atom. The molecule has 3 fully saturated rings. The maximum absolute atomic E-state index is 14.0. The molecule has 10 nitrogen and oxygen atoms in total. The maximum Gasteiger partial charge on any atom is 0.312 e. The van der Waals surface area contributed by atoms with E-state index in [0.29, 0.717) is 25.7 Å². The summed E-state index contributed by atoms with van der Waals surface area (Å²) in [5.41, 5.74) is -1.71. The van der Waals surface area contributed by atoms with Gasteiger partial charge >= 0.3 is 5.97 Å². The summed E-state index contributed by atoms with van der Waals surface area (Å²) in [5.74, 6) is -3.15. The number of aliphatic hydroxyl groups excluding tert-OH is 1. The molecule has 37 heavy (non-hydrogen) atoms. The minimum atomic E-state index is -1.16. The van der Waals surface area contributed by atoms with E-state index in [2.05, 4.69) is 18.5 Å². The predicted octanol–water partition coefficient (Wildman–Crippen LogP) is 1.18. The van der Waals surface area contributed by atoms with Crippen LogP contribution in [-0.4, -0.2) is 94.2 Å². The number of rotatable bonds is 12. The SMILES string of the molecule is C=CCCC(=O)NC[C@H](C)OC(=O)[C@@H]1[C@H]2C(=O)N(CCO)[C@H](C(=O)N(CC=C)C(C)(C)C)[C@]23CC[C@H]1O3. The number of aliphatic hydroxyl groups is 1. The third-order valence-corrected chi connectivity index (χ3v) is 7.51. The number of hydrogen-bond acceptors (Lipinski definition) is 7. The second-order valence-corrected chi connectivity index (χ2v) is 11.1. The van der Waals surface area contributed by atoms with Crippen molar-refractivity contribution in [2.45, 2.75) is 82.8 Å². The van der Waals surface area contributed by atoms with E-state index < -0.39 is 47.2 Å². The summed E-state index contributed by atoms with van der Waals surface area (Å²) < 4.78 is 12.0. The van der Waals surface area contributed by atoms with Crippen LogP contribution in [0.15, 0.2) is 25.3 Å². The number of ether oxygens (including phenoxy) is 2. The lowest BCUT2D eigenvalue weighted by molar-refractivity contribution is -0.159. The van der Waals surface area contributed by atoms with Crippen LogP contribution in [0.25, 0.3) is 0 Å². The molecule has 0 aromatic rings. The van der Waals surface area contributed by atoms with Crippen molar-refractivity contribution >= 4 is 23.7 Å². The molecule has 3 heterocycles. The molecule has 3 aliphatic rings. The van der Waals surface area contributed by atoms with Crippen molar-refractivity contribution in [3.8, 4) is 0 Å². The Balaban J connectivity index is 1.83. The van der Waals surface area contributed by atoms with Crippen LogP contribution in [0.1, 0.15) is 53.4 Å². The number of esters is 1. The summed E-state index contributed by atoms with van der Waals surface area (Å²) in [7, 11) is 0. The molecule has 3 saturated heterocycles. The summed E-state index contributed by atoms with van der Waals surface area (Å²) in [4.78, 5) is 55.9. The van der Waals surface area contributed by atoms with Crippen molar-refractivity contribution in [1.82, 2.24) is 15.1 Å². The topological polar surface area (TPSA) is 125 Å². The second kappa shape index (κ2) is 11.3. The number of likely N-dealkylation sites (tertiary alicyclic amines) is 1. The van der Waals surface area contributed by atoms with Gasteiger partial charge in [0.2, 0.25) is 17.7 Å². The lowest BCUT2D eigenvalue weighted by atomic mass is 9.70. The van der Waals surface area contributed by atoms with Gasteiger partial charge in [-0.3, -0.25) is 19.2 Å². The number of amides is 3. The molecule has 0 aromatic carbocycles. The van der Waals surface area contributed by atoms with E-state index in [9.17, 15) is 24.3 Å². The van der Waals surface area contributed by atoms with Gasteiger partial charge in [0, 0.05) is 25.0 Å². The molecular formula is C27H41N3O7. The Hall–Kier alpha value is -2.72. The Morgan fingerprint density at radius 2 is 2.03 bits per heavy atom. The van der Waals surface area contributed by atoms with Gasteiger partial charge in [0.15, 0.2) is 0 Å². The molecule has 6 atom stereocenters. The molecule has 2 bridgehead atoms. The Labute approximate surface area is 219 Å². The summed E-state index contributed by atoms with van der Waals surface area (Å²) >= 11 is 0. The highest BCUT2D eigenvalue weighted by molar-refractivity contribution is 5.98. The Bertz CT molecular complexity index is 929. The summed E-state index contributed by atoms with van der Waals surface area (Å²) in [6, 6.07) is -0.958. The molecule has 3 rings (SSSR count). The monoisotopic (exact) mass is 519 g/mol. The molecular weight excluding hydrogens is 478 g/mol. The minimum Gasteiger partial charge on any atom is -0.460 e. The van der Waals surface area contributed by atoms with Gasteiger partial charge in [-0.15, -0.1) is 13.2 Å². The zero-order chi connectivity index (χ0) is 27.5. The molecule has 3 amide bonds. The number of fused-ring (bicyclic) bond motifs is 1. The molecule has 1 spiro atoms. The van der Waals surface area contributed by atoms with Gasteiger partial charge in [-0.1, -0.05) is 12.2 Å². The van der Waals surface area contributed by atoms with E-state index in [0.717, 1.165) is 0 Å². The van der Waals surface area contributed by atoms with Gasteiger partial charge in [0.05, 0.1) is 31.1 Å². The van der Waals surface area contributed by atoms with Gasteiger partial charge in [0.25, 0.3) is 0 Å². The fourth-order valence-electron chi connectivity index (χ4n) is 5.92. The number of hydrogen-bond donors (Lipinski definition) is 2. The van der Waals surface area contributed by atoms with E-state index in [4.69, 9.17) is 9.47 Å². The van der Waals surface area contributed by atoms with E-state index in [-0.39, 0.29) is 44.0 Å². The van der Waals surface area contributed by atoms with Crippen LogP contribution < -0.4 is 5.32 Å². The lowest BCUT2D eigenvalue weighted by Gasteiger charge is -2.41. The van der Waals surface area contributed by atoms with Crippen molar-refractivity contribution in [3.63, 3.8) is 0 Å². The van der Waals surface area contributed by atoms with Crippen molar-refractivity contribution in [1.29, 1.82) is 0 Å². The van der Waals surface area contributed by atoms with Crippen LogP contribution in [-0.2, 0) is 28.7 Å². The first-order chi connectivity index (χ1) is 17.4. The maximum atomic E-state index is 14.0. The summed E-state index contributed by atoms with van der Waals surface area (Å²) in [5, 5.41) is 12.4. The molecule has 0 unspecified atom stereocenters. The van der Waals surface area contributed by atoms with E-state index in [1.165, 1.54) is 4.90 Å². The molecule has 206 valence electrons. The van der Waals surface area contributed by atoms with Crippen LogP contribution >= 0.6 is 0 Å². The third-order valence-electron chi connectivity index (χ3n) is 7.51. The Morgan fingerprint density at radius 1 is 1.32 bits per heavy atom. The average molecular weight is 520 g/mol. The number of allylic oxidation sites excluding steroid dienone is 1. The molecule has 3 aliphatic heterocycles. The molecule has 0 aliphatic carbocycles. The Kier molecular flexibility index (Phi) is 8.85. The predicted molar refractivity (Wildman–Crippen MR) is 136 cm³/mol. The largest absolute Gasteiger partial charge is 0.460 e. The van der Waals surface area contributed by atoms with Crippen LogP contribution in [0, 0.1) is 11.8 Å². The van der Waals surface area contributed by atoms with Crippen molar-refractivity contribution in [2.24, 2.45) is 11.8 Å². The zero-order valence-corrected chi connectivity index (χ0v) is 22.4. The highest BCUT2D eigenvalue weighted by Crippen LogP contribution is 2.58. The molecule has 0 saturated carbocycles. The van der Waals surface area contributed by atoms with Gasteiger partial charge in [-0.2, -0.15) is 0 Å². The average Bonchev–Trinajstić information content (AvgIpc) is 3.46. The first-order valence-electron chi connectivity index (χ1n) is 13.0. The number of carbonyl (C=O) groups is 4. The van der Waals surface area contributed by atoms with Crippen molar-refractivity contribution in [2.75, 3.05) is 26.2 Å². The van der Waals surface area contributed by atoms with Crippen LogP contribution in [0.5, 0.6) is 0 Å². The quantitative estimate of drug-likeness (QED) is 0.293. The first kappa shape index (κ1) is 28.8. The summed E-state index contributed by atoms with van der Waals surface area (Å²) in [6.45, 7) is 14.8. The minimum absolute atomic E-state index is 0.0392. The zero-order valence-electron chi connectivity index (χ0n) is 22.4. The molecule has 0 radical (unpaired) electrons. The number of β-amino-alcohol motifs (C(OH)–C–C–N with tert-alkyl or cyclic N) is 1. The van der Waals surface area contributed by atoms with Gasteiger partial charge in [-0.25, -0.2) is 0 Å². The van der Waals surface area contributed by atoms with Crippen LogP contribution in [0.3, 0.4) is 0 Å². The third kappa shape index (κ3) is 5.45. The van der Waals surface area contributed by atoms with Crippen molar-refractivity contribution in [3.05, 3.63) is 25.3 Å². The summed E-state index contributed by atoms with van der Waals surface area (Å²) in [6.07, 6.45) is 3.97. The van der Waals surface area contributed by atoms with Gasteiger partial charge in [0.1, 0.15) is 17.7 Å². The second-order valence-electron chi connectivity index (χ2n) is 11.1. The number of nitrogens with one attached hydrogen (secondary N) is 1. The van der Waals surface area contributed by atoms with Gasteiger partial charge in [-0.05, 0) is 47.0 Å². The first-order valence-corrected chi connectivity index (χ1v) is 13.0. The highest BCUT2D eigenvalue weighted by Gasteiger charge is 2.75. The number of nitrogens with zero attached hydrogens (tertiary/aromatic N) is 2. The van der Waals surface area contributed by atoms with Crippen LogP contribution in [0.4, 0.5) is 0 Å². The van der Waals surface area contributed by atoms with Crippen molar-refractivity contribution < 1.29 is 33.8 Å². The smallest absolute Gasteiger partial charge is 0.312 e. The van der Waals surface area contributed by atoms with E-state index in [1.54, 1.807) is 24.0 Å². The normalized spacial score (nSPS) is 29.0. The van der Waals surface area contributed by atoms with E-state index >= 15 is 0 Å². The molecule has 0 aromatic heterocycles. The van der Waals surface area contributed by atoms with Crippen LogP contribution in [0.2, 0.25) is 0 Å². The van der Waals surface area contributed by atoms with E-state index in [1.807, 2.05) is 20.8 Å². The molecule has 10 heteroatoms. The lowest BCUT2D eigenvalue weighted by Crippen LogP contribution is -2.60. The van der Waals surface area contributed by atoms with Gasteiger partial charge < -0.3 is 29.7 Å². The fourth-order valence-corrected chi connectivity index (χ4v) is 5.92. The highest BCUT2D eigenvalue weighted by atomic mass is 16.6.